The molecule has 0 amide bonds. The molecule has 0 aromatic heterocycles. The van der Waals surface area contributed by atoms with E-state index in [0.717, 1.165) is 0 Å². The summed E-state index contributed by atoms with van der Waals surface area (Å²) in [6, 6.07) is 0. The monoisotopic (exact) mass is 363 g/mol. The van der Waals surface area contributed by atoms with Gasteiger partial charge in [-0.2, -0.15) is 0 Å². The third-order valence-electron chi connectivity index (χ3n) is 0. The molecule has 0 saturated carbocycles. The summed E-state index contributed by atoms with van der Waals surface area (Å²) in [4.78, 5) is 0. The minimum atomic E-state index is -6.00. The number of aliphatic hydroxyl groups is 1. The molecule has 0 aliphatic carbocycles. The van der Waals surface area contributed by atoms with Gasteiger partial charge in [-0.15, -0.1) is 0 Å². The van der Waals surface area contributed by atoms with Crippen molar-refractivity contribution in [3.63, 3.8) is 0 Å². The number of aliphatic hydroxyl groups excluding tert-OH is 1. The zero-order valence-corrected chi connectivity index (χ0v) is 8.42. The van der Waals surface area contributed by atoms with Gasteiger partial charge in [-0.1, -0.05) is 7.43 Å². The van der Waals surface area contributed by atoms with E-state index in [1.54, 1.807) is 6.92 Å². The standard InChI is InChI=1S/C2H6O.CH4.3BF4.K.H/c1-2-3;;3*2-1(3,4)5;;/h3H,2H2,1H3;1H4;;;;;/q;;3*-1;;. The molecule has 0 unspecified atom stereocenters. The Morgan fingerprint density at radius 1 is 0.600 bits per heavy atom. The summed E-state index contributed by atoms with van der Waals surface area (Å²) in [5.41, 5.74) is 0. The van der Waals surface area contributed by atoms with E-state index in [1.807, 2.05) is 0 Å². The zero-order chi connectivity index (χ0) is 16.2. The van der Waals surface area contributed by atoms with Gasteiger partial charge in [0, 0.05) is 6.61 Å². The Hall–Kier alpha value is 0.951. The Morgan fingerprint density at radius 3 is 0.600 bits per heavy atom. The summed E-state index contributed by atoms with van der Waals surface area (Å²) >= 11 is 0. The SMILES string of the molecule is C.CCO.F[B-](F)(F)F.F[B-](F)(F)F.F[B-](F)(F)F.[KH]. The van der Waals surface area contributed by atoms with Crippen LogP contribution in [-0.4, -0.2) is 84.9 Å². The quantitative estimate of drug-likeness (QED) is 0.512. The summed E-state index contributed by atoms with van der Waals surface area (Å²) in [5, 5.41) is 7.57. The van der Waals surface area contributed by atoms with Gasteiger partial charge in [0.15, 0.2) is 0 Å². The number of hydrogen-bond acceptors (Lipinski definition) is 1. The van der Waals surface area contributed by atoms with E-state index in [-0.39, 0.29) is 65.4 Å². The molecule has 0 saturated heterocycles. The van der Waals surface area contributed by atoms with Crippen LogP contribution >= 0.6 is 0 Å². The van der Waals surface area contributed by atoms with Gasteiger partial charge < -0.3 is 56.9 Å². The van der Waals surface area contributed by atoms with Crippen molar-refractivity contribution in [3.8, 4) is 0 Å². The second-order valence-corrected chi connectivity index (χ2v) is 1.80. The van der Waals surface area contributed by atoms with Gasteiger partial charge in [-0.3, -0.25) is 0 Å². The molecule has 0 aliphatic rings. The van der Waals surface area contributed by atoms with Crippen LogP contribution in [0.25, 0.3) is 0 Å². The zero-order valence-electron chi connectivity index (χ0n) is 8.42. The first-order valence-electron chi connectivity index (χ1n) is 3.64. The third kappa shape index (κ3) is 6750. The minimum absolute atomic E-state index is 0. The van der Waals surface area contributed by atoms with E-state index in [0.29, 0.717) is 0 Å². The summed E-state index contributed by atoms with van der Waals surface area (Å²) in [5.74, 6) is 0. The fraction of sp³-hybridized carbons (Fsp3) is 1.00. The Kier molecular flexibility index (Phi) is 33.6. The van der Waals surface area contributed by atoms with Gasteiger partial charge in [0.1, 0.15) is 0 Å². The first-order valence-corrected chi connectivity index (χ1v) is 3.64. The third-order valence-corrected chi connectivity index (χ3v) is 0. The molecule has 0 spiro atoms. The van der Waals surface area contributed by atoms with Crippen molar-refractivity contribution in [3.05, 3.63) is 0 Å². The molecule has 1 nitrogen and oxygen atoms in total. The predicted molar refractivity (Wildman–Crippen MR) is 57.2 cm³/mol. The van der Waals surface area contributed by atoms with E-state index >= 15 is 0 Å². The van der Waals surface area contributed by atoms with Crippen molar-refractivity contribution >= 4 is 73.1 Å². The molecular weight excluding hydrogens is 352 g/mol. The molecule has 17 heteroatoms. The Balaban J connectivity index is -0.0000000321. The van der Waals surface area contributed by atoms with E-state index in [2.05, 4.69) is 0 Å². The molecule has 0 aromatic rings. The van der Waals surface area contributed by atoms with Gasteiger partial charge in [0.2, 0.25) is 0 Å². The number of halogens is 12. The van der Waals surface area contributed by atoms with Crippen molar-refractivity contribution < 1.29 is 56.9 Å². The van der Waals surface area contributed by atoms with Crippen LogP contribution in [0, 0.1) is 0 Å². The van der Waals surface area contributed by atoms with Crippen molar-refractivity contribution in [2.45, 2.75) is 14.4 Å². The van der Waals surface area contributed by atoms with Gasteiger partial charge >= 0.3 is 73.1 Å². The second kappa shape index (κ2) is 18.0. The normalized spacial score (nSPS) is 9.90. The molecule has 0 bridgehead atoms. The molecular formula is C3H11B3F12KO-3. The van der Waals surface area contributed by atoms with Crippen LogP contribution in [0.2, 0.25) is 0 Å². The summed E-state index contributed by atoms with van der Waals surface area (Å²) in [6.07, 6.45) is 0. The Bertz CT molecular complexity index is 120. The molecule has 0 radical (unpaired) electrons. The average Bonchev–Trinajstić information content (AvgIpc) is 1.71. The summed E-state index contributed by atoms with van der Waals surface area (Å²) < 4.78 is 117. The first kappa shape index (κ1) is 37.3. The van der Waals surface area contributed by atoms with Crippen LogP contribution in [-0.2, 0) is 0 Å². The maximum absolute atomic E-state index is 9.75. The first-order chi connectivity index (χ1) is 7.41. The molecule has 0 rings (SSSR count). The van der Waals surface area contributed by atoms with Crippen LogP contribution < -0.4 is 0 Å². The number of hydrogen-bond donors (Lipinski definition) is 1. The Labute approximate surface area is 150 Å². The molecule has 126 valence electrons. The predicted octanol–water partition coefficient (Wildman–Crippen LogP) is 3.89. The molecule has 0 atom stereocenters. The molecule has 0 aliphatic heterocycles. The van der Waals surface area contributed by atoms with Crippen molar-refractivity contribution in [2.24, 2.45) is 0 Å². The Morgan fingerprint density at radius 2 is 0.600 bits per heavy atom. The van der Waals surface area contributed by atoms with Gasteiger partial charge in [0.25, 0.3) is 0 Å². The molecule has 20 heavy (non-hydrogen) atoms. The van der Waals surface area contributed by atoms with Crippen LogP contribution in [0.4, 0.5) is 51.8 Å². The van der Waals surface area contributed by atoms with Crippen LogP contribution in [0.5, 0.6) is 0 Å². The maximum atomic E-state index is 9.75. The summed E-state index contributed by atoms with van der Waals surface area (Å²) in [6.45, 7) is 1.93. The average molecular weight is 363 g/mol. The van der Waals surface area contributed by atoms with Crippen molar-refractivity contribution in [1.29, 1.82) is 0 Å². The van der Waals surface area contributed by atoms with Crippen molar-refractivity contribution in [1.82, 2.24) is 0 Å². The van der Waals surface area contributed by atoms with Crippen LogP contribution in [0.1, 0.15) is 14.4 Å². The summed E-state index contributed by atoms with van der Waals surface area (Å²) in [7, 11) is -18.0. The van der Waals surface area contributed by atoms with E-state index < -0.39 is 21.8 Å². The van der Waals surface area contributed by atoms with Crippen LogP contribution in [0.15, 0.2) is 0 Å². The molecule has 0 heterocycles. The fourth-order valence-corrected chi connectivity index (χ4v) is 0. The topological polar surface area (TPSA) is 20.2 Å². The van der Waals surface area contributed by atoms with E-state index in [1.165, 1.54) is 0 Å². The molecule has 1 N–H and O–H groups in total. The molecule has 0 aromatic carbocycles. The number of rotatable bonds is 0. The van der Waals surface area contributed by atoms with Gasteiger partial charge in [-0.05, 0) is 6.92 Å². The van der Waals surface area contributed by atoms with E-state index in [4.69, 9.17) is 5.11 Å². The van der Waals surface area contributed by atoms with E-state index in [9.17, 15) is 51.8 Å². The van der Waals surface area contributed by atoms with Gasteiger partial charge in [0.05, 0.1) is 0 Å². The second-order valence-electron chi connectivity index (χ2n) is 1.80. The van der Waals surface area contributed by atoms with Crippen LogP contribution in [0.3, 0.4) is 0 Å². The molecule has 0 fully saturated rings. The fourth-order valence-electron chi connectivity index (χ4n) is 0. The van der Waals surface area contributed by atoms with Crippen molar-refractivity contribution in [2.75, 3.05) is 6.61 Å². The van der Waals surface area contributed by atoms with Gasteiger partial charge in [-0.25, -0.2) is 0 Å².